The van der Waals surface area contributed by atoms with Gasteiger partial charge in [0.1, 0.15) is 30.0 Å². The molecule has 6 nitrogen and oxygen atoms in total. The van der Waals surface area contributed by atoms with Crippen molar-refractivity contribution in [2.45, 2.75) is 94.1 Å². The smallest absolute Gasteiger partial charge is 0.221 e. The summed E-state index contributed by atoms with van der Waals surface area (Å²) in [6.07, 6.45) is 2.58. The molecule has 220 valence electrons. The fourth-order valence-corrected chi connectivity index (χ4v) is 8.72. The van der Waals surface area contributed by atoms with E-state index in [4.69, 9.17) is 9.47 Å². The SMILES string of the molecule is C[C@H]1CC[C@H](c2ccccc2)S(=O)(=O)N1Cc1cc(F)c([C@]2(C=O)CCC(OCOCC[Si](C)(C)C)C2)cc1F. The van der Waals surface area contributed by atoms with Crippen molar-refractivity contribution in [3.8, 4) is 0 Å². The number of hydrogen-bond donors (Lipinski definition) is 0. The van der Waals surface area contributed by atoms with E-state index in [1.165, 1.54) is 4.31 Å². The zero-order valence-corrected chi connectivity index (χ0v) is 25.7. The van der Waals surface area contributed by atoms with Crippen molar-refractivity contribution in [1.29, 1.82) is 0 Å². The summed E-state index contributed by atoms with van der Waals surface area (Å²) in [6.45, 7) is 9.02. The number of rotatable bonds is 11. The van der Waals surface area contributed by atoms with Gasteiger partial charge in [-0.2, -0.15) is 4.31 Å². The lowest BCUT2D eigenvalue weighted by Crippen LogP contribution is -2.45. The summed E-state index contributed by atoms with van der Waals surface area (Å²) in [6, 6.07) is 11.8. The Kier molecular flexibility index (Phi) is 9.66. The van der Waals surface area contributed by atoms with E-state index in [-0.39, 0.29) is 43.0 Å². The topological polar surface area (TPSA) is 72.9 Å². The second-order valence-electron chi connectivity index (χ2n) is 12.5. The molecule has 4 atom stereocenters. The first-order valence-electron chi connectivity index (χ1n) is 14.1. The highest BCUT2D eigenvalue weighted by atomic mass is 32.2. The summed E-state index contributed by atoms with van der Waals surface area (Å²) in [5.41, 5.74) is -0.567. The van der Waals surface area contributed by atoms with Gasteiger partial charge < -0.3 is 14.3 Å². The minimum absolute atomic E-state index is 0.00814. The molecule has 2 fully saturated rings. The van der Waals surface area contributed by atoms with E-state index in [0.717, 1.165) is 18.2 Å². The van der Waals surface area contributed by atoms with Gasteiger partial charge in [0.2, 0.25) is 10.0 Å². The molecule has 40 heavy (non-hydrogen) atoms. The van der Waals surface area contributed by atoms with Crippen molar-refractivity contribution in [2.75, 3.05) is 13.4 Å². The van der Waals surface area contributed by atoms with Gasteiger partial charge in [-0.05, 0) is 62.8 Å². The predicted molar refractivity (Wildman–Crippen MR) is 154 cm³/mol. The van der Waals surface area contributed by atoms with Gasteiger partial charge in [0.15, 0.2) is 0 Å². The third kappa shape index (κ3) is 6.90. The highest BCUT2D eigenvalue weighted by Gasteiger charge is 2.44. The fourth-order valence-electron chi connectivity index (χ4n) is 5.78. The van der Waals surface area contributed by atoms with Gasteiger partial charge in [0, 0.05) is 38.4 Å². The van der Waals surface area contributed by atoms with Crippen LogP contribution >= 0.6 is 0 Å². The Labute approximate surface area is 238 Å². The standard InChI is InChI=1S/C30H41F2NO5SSi/c1-22-10-11-29(23-8-6-5-7-9-23)39(35,36)33(22)19-24-16-28(32)26(17-27(24)31)30(20-34)13-12-25(18-30)38-21-37-14-15-40(2,3)4/h5-9,16-17,20,22,25,29H,10-15,18-19,21H2,1-4H3/t22-,25?,29+,30+/m0/s1. The monoisotopic (exact) mass is 593 g/mol. The second-order valence-corrected chi connectivity index (χ2v) is 20.2. The number of benzene rings is 2. The van der Waals surface area contributed by atoms with Gasteiger partial charge in [0.05, 0.1) is 11.5 Å². The highest BCUT2D eigenvalue weighted by molar-refractivity contribution is 7.89. The predicted octanol–water partition coefficient (Wildman–Crippen LogP) is 6.34. The van der Waals surface area contributed by atoms with Crippen LogP contribution in [0.3, 0.4) is 0 Å². The van der Waals surface area contributed by atoms with Crippen LogP contribution in [-0.4, -0.2) is 52.6 Å². The normalized spacial score (nSPS) is 27.1. The number of ether oxygens (including phenoxy) is 2. The minimum Gasteiger partial charge on any atom is -0.356 e. The Morgan fingerprint density at radius 3 is 2.48 bits per heavy atom. The van der Waals surface area contributed by atoms with Crippen molar-refractivity contribution in [3.05, 3.63) is 70.8 Å². The number of sulfonamides is 1. The van der Waals surface area contributed by atoms with E-state index in [2.05, 4.69) is 19.6 Å². The number of halogens is 2. The molecule has 4 rings (SSSR count). The second kappa shape index (κ2) is 12.5. The molecule has 1 saturated carbocycles. The van der Waals surface area contributed by atoms with Crippen LogP contribution in [0.4, 0.5) is 8.78 Å². The van der Waals surface area contributed by atoms with Crippen molar-refractivity contribution >= 4 is 24.4 Å². The van der Waals surface area contributed by atoms with E-state index in [9.17, 15) is 13.2 Å². The molecule has 2 aromatic carbocycles. The molecule has 0 aromatic heterocycles. The first-order valence-corrected chi connectivity index (χ1v) is 19.3. The molecule has 2 aromatic rings. The average Bonchev–Trinajstić information content (AvgIpc) is 3.32. The molecule has 1 aliphatic carbocycles. The zero-order chi connectivity index (χ0) is 29.1. The van der Waals surface area contributed by atoms with E-state index < -0.39 is 40.4 Å². The lowest BCUT2D eigenvalue weighted by Gasteiger charge is -2.37. The molecule has 1 aliphatic heterocycles. The van der Waals surface area contributed by atoms with Crippen LogP contribution in [0, 0.1) is 11.6 Å². The Hall–Kier alpha value is -1.98. The van der Waals surface area contributed by atoms with E-state index in [1.54, 1.807) is 31.2 Å². The number of nitrogens with zero attached hydrogens (tertiary/aromatic N) is 1. The van der Waals surface area contributed by atoms with Crippen molar-refractivity contribution < 1.29 is 31.5 Å². The number of aldehydes is 1. The van der Waals surface area contributed by atoms with E-state index in [0.29, 0.717) is 44.1 Å². The molecule has 1 heterocycles. The van der Waals surface area contributed by atoms with Crippen molar-refractivity contribution in [2.24, 2.45) is 0 Å². The molecule has 1 unspecified atom stereocenters. The number of carbonyl (C=O) groups excluding carboxylic acids is 1. The average molecular weight is 594 g/mol. The minimum atomic E-state index is -3.80. The number of hydrogen-bond acceptors (Lipinski definition) is 5. The molecule has 0 spiro atoms. The van der Waals surface area contributed by atoms with Gasteiger partial charge in [-0.3, -0.25) is 0 Å². The van der Waals surface area contributed by atoms with Gasteiger partial charge in [-0.25, -0.2) is 17.2 Å². The third-order valence-corrected chi connectivity index (χ3v) is 12.4. The van der Waals surface area contributed by atoms with Crippen LogP contribution in [0.1, 0.15) is 61.0 Å². The molecular weight excluding hydrogens is 552 g/mol. The van der Waals surface area contributed by atoms with Crippen LogP contribution in [0.2, 0.25) is 25.7 Å². The van der Waals surface area contributed by atoms with Gasteiger partial charge >= 0.3 is 0 Å². The Balaban J connectivity index is 1.47. The quantitative estimate of drug-likeness (QED) is 0.132. The lowest BCUT2D eigenvalue weighted by molar-refractivity contribution is -0.114. The fraction of sp³-hybridized carbons (Fsp3) is 0.567. The first kappa shape index (κ1) is 31.0. The highest BCUT2D eigenvalue weighted by Crippen LogP contribution is 2.43. The maximum absolute atomic E-state index is 15.5. The van der Waals surface area contributed by atoms with Gasteiger partial charge in [0.25, 0.3) is 0 Å². The Bertz CT molecular complexity index is 1290. The zero-order valence-electron chi connectivity index (χ0n) is 23.9. The number of carbonyl (C=O) groups is 1. The van der Waals surface area contributed by atoms with Crippen molar-refractivity contribution in [1.82, 2.24) is 4.31 Å². The lowest BCUT2D eigenvalue weighted by atomic mass is 9.79. The van der Waals surface area contributed by atoms with Crippen molar-refractivity contribution in [3.63, 3.8) is 0 Å². The van der Waals surface area contributed by atoms with Crippen LogP contribution in [0.5, 0.6) is 0 Å². The van der Waals surface area contributed by atoms with E-state index in [1.807, 2.05) is 6.07 Å². The largest absolute Gasteiger partial charge is 0.356 e. The summed E-state index contributed by atoms with van der Waals surface area (Å²) < 4.78 is 70.8. The third-order valence-electron chi connectivity index (χ3n) is 8.31. The molecule has 0 bridgehead atoms. The maximum atomic E-state index is 15.5. The summed E-state index contributed by atoms with van der Waals surface area (Å²) in [4.78, 5) is 12.3. The Morgan fingerprint density at radius 1 is 1.07 bits per heavy atom. The van der Waals surface area contributed by atoms with Crippen LogP contribution in [0.15, 0.2) is 42.5 Å². The van der Waals surface area contributed by atoms with Gasteiger partial charge in [-0.1, -0.05) is 50.0 Å². The molecule has 2 aliphatic rings. The maximum Gasteiger partial charge on any atom is 0.221 e. The summed E-state index contributed by atoms with van der Waals surface area (Å²) >= 11 is 0. The Morgan fingerprint density at radius 2 is 1.80 bits per heavy atom. The molecule has 10 heteroatoms. The van der Waals surface area contributed by atoms with Crippen LogP contribution in [-0.2, 0) is 36.3 Å². The summed E-state index contributed by atoms with van der Waals surface area (Å²) in [5, 5.41) is -0.731. The summed E-state index contributed by atoms with van der Waals surface area (Å²) in [5.74, 6) is -1.43. The first-order chi connectivity index (χ1) is 18.9. The molecule has 0 amide bonds. The molecule has 0 N–H and O–H groups in total. The van der Waals surface area contributed by atoms with Gasteiger partial charge in [-0.15, -0.1) is 0 Å². The van der Waals surface area contributed by atoms with Crippen LogP contribution < -0.4 is 0 Å². The molecular formula is C30H41F2NO5SSi. The summed E-state index contributed by atoms with van der Waals surface area (Å²) in [7, 11) is -5.02. The molecule has 0 radical (unpaired) electrons. The van der Waals surface area contributed by atoms with E-state index >= 15 is 8.78 Å². The molecule has 1 saturated heterocycles. The van der Waals surface area contributed by atoms with Crippen LogP contribution in [0.25, 0.3) is 0 Å².